The van der Waals surface area contributed by atoms with Crippen molar-refractivity contribution in [1.29, 1.82) is 0 Å². The second kappa shape index (κ2) is 4.92. The van der Waals surface area contributed by atoms with Crippen molar-refractivity contribution in [2.45, 2.75) is 5.37 Å². The summed E-state index contributed by atoms with van der Waals surface area (Å²) < 4.78 is 24.4. The lowest BCUT2D eigenvalue weighted by Crippen LogP contribution is -2.63. The standard InChI is InChI=1S/C13H9ClN2O5S/c14-9-6-22(20,21)12-8(5-7-3-1-2-4-15-7)11(17)16(12)10(9)13(18)19/h1-5,12H,6H2,(H,18,19)/p-1/b8-5-/t12-/m1/s1. The summed E-state index contributed by atoms with van der Waals surface area (Å²) in [5, 5.41) is 9.31. The number of fused-ring (bicyclic) bond motifs is 1. The van der Waals surface area contributed by atoms with Gasteiger partial charge in [-0.3, -0.25) is 14.7 Å². The van der Waals surface area contributed by atoms with Crippen molar-refractivity contribution < 1.29 is 23.1 Å². The maximum atomic E-state index is 12.2. The number of hydrogen-bond donors (Lipinski definition) is 0. The first kappa shape index (κ1) is 14.7. The molecule has 0 spiro atoms. The number of halogens is 1. The number of carbonyl (C=O) groups is 2. The minimum absolute atomic E-state index is 0.0402. The van der Waals surface area contributed by atoms with E-state index in [4.69, 9.17) is 11.6 Å². The summed E-state index contributed by atoms with van der Waals surface area (Å²) >= 11 is 5.68. The summed E-state index contributed by atoms with van der Waals surface area (Å²) in [6, 6.07) is 4.95. The highest BCUT2D eigenvalue weighted by atomic mass is 35.5. The monoisotopic (exact) mass is 339 g/mol. The van der Waals surface area contributed by atoms with Gasteiger partial charge >= 0.3 is 0 Å². The average molecular weight is 340 g/mol. The molecule has 3 heterocycles. The van der Waals surface area contributed by atoms with Crippen LogP contribution in [0.25, 0.3) is 6.08 Å². The molecule has 0 saturated carbocycles. The zero-order chi connectivity index (χ0) is 16.1. The molecule has 1 aromatic heterocycles. The molecule has 1 saturated heterocycles. The molecular weight excluding hydrogens is 332 g/mol. The molecule has 1 atom stereocenters. The molecule has 114 valence electrons. The van der Waals surface area contributed by atoms with Gasteiger partial charge in [0.15, 0.2) is 15.2 Å². The van der Waals surface area contributed by atoms with Crippen molar-refractivity contribution in [1.82, 2.24) is 9.88 Å². The molecule has 0 bridgehead atoms. The van der Waals surface area contributed by atoms with Crippen LogP contribution in [0.1, 0.15) is 5.69 Å². The van der Waals surface area contributed by atoms with Crippen LogP contribution in [0, 0.1) is 0 Å². The Bertz CT molecular complexity index is 844. The van der Waals surface area contributed by atoms with Crippen molar-refractivity contribution >= 4 is 39.4 Å². The van der Waals surface area contributed by atoms with Gasteiger partial charge in [0.25, 0.3) is 5.91 Å². The number of nitrogens with zero attached hydrogens (tertiary/aromatic N) is 2. The van der Waals surface area contributed by atoms with Crippen LogP contribution >= 0.6 is 11.6 Å². The molecule has 2 aliphatic rings. The average Bonchev–Trinajstić information content (AvgIpc) is 2.44. The third-order valence-electron chi connectivity index (χ3n) is 3.32. The van der Waals surface area contributed by atoms with Gasteiger partial charge in [0.1, 0.15) is 0 Å². The van der Waals surface area contributed by atoms with E-state index in [2.05, 4.69) is 4.98 Å². The Morgan fingerprint density at radius 2 is 2.18 bits per heavy atom. The molecule has 0 N–H and O–H groups in total. The van der Waals surface area contributed by atoms with Crippen molar-refractivity contribution in [3.8, 4) is 0 Å². The highest BCUT2D eigenvalue weighted by Crippen LogP contribution is 2.41. The highest BCUT2D eigenvalue weighted by molar-refractivity contribution is 7.92. The number of rotatable bonds is 2. The zero-order valence-electron chi connectivity index (χ0n) is 10.9. The summed E-state index contributed by atoms with van der Waals surface area (Å²) in [6.45, 7) is 0. The van der Waals surface area contributed by atoms with E-state index < -0.39 is 43.6 Å². The number of pyridine rings is 1. The van der Waals surface area contributed by atoms with E-state index in [1.165, 1.54) is 12.3 Å². The summed E-state index contributed by atoms with van der Waals surface area (Å²) in [5.74, 6) is -3.07. The van der Waals surface area contributed by atoms with Crippen LogP contribution in [0.2, 0.25) is 0 Å². The number of aromatic nitrogens is 1. The van der Waals surface area contributed by atoms with Crippen LogP contribution < -0.4 is 5.11 Å². The van der Waals surface area contributed by atoms with E-state index in [0.717, 1.165) is 0 Å². The minimum atomic E-state index is -3.81. The maximum absolute atomic E-state index is 12.2. The Kier molecular flexibility index (Phi) is 3.30. The van der Waals surface area contributed by atoms with Crippen LogP contribution in [0.4, 0.5) is 0 Å². The van der Waals surface area contributed by atoms with Crippen LogP contribution in [-0.2, 0) is 19.4 Å². The van der Waals surface area contributed by atoms with Gasteiger partial charge in [-0.15, -0.1) is 0 Å². The Morgan fingerprint density at radius 1 is 1.45 bits per heavy atom. The van der Waals surface area contributed by atoms with Gasteiger partial charge < -0.3 is 9.90 Å². The molecule has 22 heavy (non-hydrogen) atoms. The number of carbonyl (C=O) groups excluding carboxylic acids is 2. The quantitative estimate of drug-likeness (QED) is 0.519. The molecule has 0 aliphatic carbocycles. The fraction of sp³-hybridized carbons (Fsp3) is 0.154. The predicted octanol–water partition coefficient (Wildman–Crippen LogP) is -0.738. The normalized spacial score (nSPS) is 25.0. The van der Waals surface area contributed by atoms with E-state index in [9.17, 15) is 23.1 Å². The first-order chi connectivity index (χ1) is 10.3. The van der Waals surface area contributed by atoms with Crippen LogP contribution in [0.5, 0.6) is 0 Å². The molecular formula is C13H8ClN2O5S-. The predicted molar refractivity (Wildman–Crippen MR) is 74.5 cm³/mol. The minimum Gasteiger partial charge on any atom is -0.543 e. The van der Waals surface area contributed by atoms with Gasteiger partial charge in [-0.2, -0.15) is 0 Å². The molecule has 9 heteroatoms. The summed E-state index contributed by atoms with van der Waals surface area (Å²) in [6.07, 6.45) is 2.82. The number of sulfone groups is 1. The number of β-lactam (4-membered cyclic amide) rings is 1. The molecule has 1 fully saturated rings. The van der Waals surface area contributed by atoms with E-state index in [0.29, 0.717) is 10.6 Å². The van der Waals surface area contributed by atoms with Crippen LogP contribution in [0.3, 0.4) is 0 Å². The lowest BCUT2D eigenvalue weighted by atomic mass is 10.0. The second-order valence-electron chi connectivity index (χ2n) is 4.73. The van der Waals surface area contributed by atoms with Gasteiger partial charge in [-0.25, -0.2) is 8.42 Å². The number of carboxylic acids is 1. The highest BCUT2D eigenvalue weighted by Gasteiger charge is 2.55. The van der Waals surface area contributed by atoms with Crippen molar-refractivity contribution in [3.05, 3.63) is 46.4 Å². The Hall–Kier alpha value is -2.19. The third-order valence-corrected chi connectivity index (χ3v) is 5.62. The summed E-state index contributed by atoms with van der Waals surface area (Å²) in [7, 11) is -3.81. The number of amides is 1. The van der Waals surface area contributed by atoms with E-state index in [1.807, 2.05) is 0 Å². The zero-order valence-corrected chi connectivity index (χ0v) is 12.5. The smallest absolute Gasteiger partial charge is 0.258 e. The Labute approximate surface area is 130 Å². The summed E-state index contributed by atoms with van der Waals surface area (Å²) in [4.78, 5) is 27.9. The first-order valence-electron chi connectivity index (χ1n) is 6.10. The van der Waals surface area contributed by atoms with Crippen molar-refractivity contribution in [2.75, 3.05) is 5.75 Å². The molecule has 2 aliphatic heterocycles. The van der Waals surface area contributed by atoms with E-state index in [-0.39, 0.29) is 5.57 Å². The molecule has 1 amide bonds. The molecule has 0 radical (unpaired) electrons. The molecule has 1 aromatic rings. The SMILES string of the molecule is O=C([O-])C1=C(Cl)CS(=O)(=O)[C@@H]2/C(=C\c3ccccn3)C(=O)N12. The number of aliphatic carboxylic acids is 1. The van der Waals surface area contributed by atoms with Gasteiger partial charge in [0.2, 0.25) is 0 Å². The van der Waals surface area contributed by atoms with Gasteiger partial charge in [-0.05, 0) is 18.2 Å². The van der Waals surface area contributed by atoms with Gasteiger partial charge in [-0.1, -0.05) is 17.7 Å². The fourth-order valence-corrected chi connectivity index (χ4v) is 4.76. The first-order valence-corrected chi connectivity index (χ1v) is 8.20. The topological polar surface area (TPSA) is 107 Å². The van der Waals surface area contributed by atoms with E-state index >= 15 is 0 Å². The molecule has 3 rings (SSSR count). The van der Waals surface area contributed by atoms with E-state index in [1.54, 1.807) is 18.2 Å². The molecule has 0 unspecified atom stereocenters. The maximum Gasteiger partial charge on any atom is 0.258 e. The number of hydrogen-bond acceptors (Lipinski definition) is 6. The van der Waals surface area contributed by atoms with Crippen LogP contribution in [0.15, 0.2) is 40.7 Å². The molecule has 7 nitrogen and oxygen atoms in total. The largest absolute Gasteiger partial charge is 0.543 e. The van der Waals surface area contributed by atoms with Gasteiger partial charge in [0, 0.05) is 6.20 Å². The molecule has 0 aromatic carbocycles. The van der Waals surface area contributed by atoms with Crippen molar-refractivity contribution in [2.24, 2.45) is 0 Å². The third kappa shape index (κ3) is 2.11. The number of carboxylic acid groups (broad SMARTS) is 1. The summed E-state index contributed by atoms with van der Waals surface area (Å²) in [5.41, 5.74) is -0.234. The van der Waals surface area contributed by atoms with Crippen LogP contribution in [-0.4, -0.2) is 41.3 Å². The van der Waals surface area contributed by atoms with Gasteiger partial charge in [0.05, 0.1) is 33.7 Å². The Balaban J connectivity index is 2.10. The van der Waals surface area contributed by atoms with Crippen molar-refractivity contribution in [3.63, 3.8) is 0 Å². The lowest BCUT2D eigenvalue weighted by molar-refractivity contribution is -0.301. The fourth-order valence-electron chi connectivity index (χ4n) is 2.41. The Morgan fingerprint density at radius 3 is 2.77 bits per heavy atom. The second-order valence-corrected chi connectivity index (χ2v) is 7.25. The lowest BCUT2D eigenvalue weighted by Gasteiger charge is -2.46.